The molecule has 1 aromatic carbocycles. The van der Waals surface area contributed by atoms with Crippen LogP contribution in [0.2, 0.25) is 0 Å². The molecule has 0 unspecified atom stereocenters. The van der Waals surface area contributed by atoms with Gasteiger partial charge in [0, 0.05) is 4.47 Å². The van der Waals surface area contributed by atoms with E-state index in [9.17, 15) is 9.18 Å². The number of hydrogen-bond acceptors (Lipinski definition) is 3. The van der Waals surface area contributed by atoms with Gasteiger partial charge in [0.2, 0.25) is 6.08 Å². The lowest BCUT2D eigenvalue weighted by molar-refractivity contribution is 0.383. The van der Waals surface area contributed by atoms with E-state index in [1.165, 1.54) is 19.3 Å². The molecule has 0 atom stereocenters. The highest BCUT2D eigenvalue weighted by molar-refractivity contribution is 9.10. The van der Waals surface area contributed by atoms with Crippen LogP contribution in [0.4, 0.5) is 4.39 Å². The van der Waals surface area contributed by atoms with Gasteiger partial charge in [-0.2, -0.15) is 4.99 Å². The van der Waals surface area contributed by atoms with Crippen molar-refractivity contribution in [2.45, 2.75) is 19.4 Å². The summed E-state index contributed by atoms with van der Waals surface area (Å²) in [5.74, 6) is -0.133. The van der Waals surface area contributed by atoms with E-state index in [1.54, 1.807) is 19.9 Å². The molecular formula is C11H11BrFNO2. The second kappa shape index (κ2) is 4.76. The smallest absolute Gasteiger partial charge is 0.235 e. The molecule has 5 heteroatoms. The second-order valence-electron chi connectivity index (χ2n) is 3.73. The summed E-state index contributed by atoms with van der Waals surface area (Å²) >= 11 is 3.17. The van der Waals surface area contributed by atoms with Crippen molar-refractivity contribution in [1.82, 2.24) is 0 Å². The van der Waals surface area contributed by atoms with Crippen molar-refractivity contribution in [2.75, 3.05) is 7.11 Å². The van der Waals surface area contributed by atoms with Crippen molar-refractivity contribution in [3.05, 3.63) is 28.0 Å². The molecule has 0 saturated carbocycles. The number of rotatable bonds is 3. The lowest BCUT2D eigenvalue weighted by Gasteiger charge is -2.21. The average molecular weight is 288 g/mol. The van der Waals surface area contributed by atoms with Crippen molar-refractivity contribution in [3.63, 3.8) is 0 Å². The molecule has 16 heavy (non-hydrogen) atoms. The van der Waals surface area contributed by atoms with Gasteiger partial charge >= 0.3 is 0 Å². The van der Waals surface area contributed by atoms with E-state index >= 15 is 0 Å². The van der Waals surface area contributed by atoms with Crippen LogP contribution in [-0.4, -0.2) is 13.2 Å². The zero-order valence-electron chi connectivity index (χ0n) is 9.17. The molecule has 1 rings (SSSR count). The third kappa shape index (κ3) is 2.49. The molecule has 0 aliphatic carbocycles. The second-order valence-corrected chi connectivity index (χ2v) is 4.64. The number of aliphatic imine (C=N–C) groups is 1. The molecule has 0 N–H and O–H groups in total. The summed E-state index contributed by atoms with van der Waals surface area (Å²) in [5.41, 5.74) is -0.765. The summed E-state index contributed by atoms with van der Waals surface area (Å²) in [6.45, 7) is 3.24. The number of halogens is 2. The number of methoxy groups -OCH3 is 1. The number of nitrogens with zero attached hydrogens (tertiary/aromatic N) is 1. The van der Waals surface area contributed by atoms with Gasteiger partial charge in [0.25, 0.3) is 0 Å². The first-order valence-electron chi connectivity index (χ1n) is 4.55. The molecule has 0 heterocycles. The maximum atomic E-state index is 13.8. The third-order valence-electron chi connectivity index (χ3n) is 2.18. The SMILES string of the molecule is COc1cc(Br)cc(F)c1C(C)(C)N=C=O. The van der Waals surface area contributed by atoms with Gasteiger partial charge in [0.15, 0.2) is 0 Å². The van der Waals surface area contributed by atoms with Crippen molar-refractivity contribution in [3.8, 4) is 5.75 Å². The van der Waals surface area contributed by atoms with Crippen LogP contribution in [0.1, 0.15) is 19.4 Å². The van der Waals surface area contributed by atoms with Gasteiger partial charge in [-0.15, -0.1) is 0 Å². The highest BCUT2D eigenvalue weighted by Gasteiger charge is 2.28. The number of isocyanates is 1. The van der Waals surface area contributed by atoms with Crippen molar-refractivity contribution >= 4 is 22.0 Å². The van der Waals surface area contributed by atoms with E-state index in [1.807, 2.05) is 0 Å². The number of ether oxygens (including phenoxy) is 1. The van der Waals surface area contributed by atoms with Gasteiger partial charge in [0.1, 0.15) is 11.6 Å². The lowest BCUT2D eigenvalue weighted by atomic mass is 9.93. The predicted octanol–water partition coefficient (Wildman–Crippen LogP) is 3.17. The summed E-state index contributed by atoms with van der Waals surface area (Å²) < 4.78 is 19.5. The molecule has 0 radical (unpaired) electrons. The molecule has 0 bridgehead atoms. The van der Waals surface area contributed by atoms with Crippen LogP contribution in [0.3, 0.4) is 0 Å². The lowest BCUT2D eigenvalue weighted by Crippen LogP contribution is -2.17. The Morgan fingerprint density at radius 2 is 2.12 bits per heavy atom. The van der Waals surface area contributed by atoms with E-state index in [0.717, 1.165) is 0 Å². The topological polar surface area (TPSA) is 38.7 Å². The summed E-state index contributed by atoms with van der Waals surface area (Å²) in [5, 5.41) is 0. The fourth-order valence-corrected chi connectivity index (χ4v) is 1.88. The van der Waals surface area contributed by atoms with Crippen LogP contribution in [-0.2, 0) is 10.3 Å². The molecule has 0 fully saturated rings. The Hall–Kier alpha value is -1.19. The van der Waals surface area contributed by atoms with E-state index in [-0.39, 0.29) is 5.56 Å². The molecule has 3 nitrogen and oxygen atoms in total. The fraction of sp³-hybridized carbons (Fsp3) is 0.364. The van der Waals surface area contributed by atoms with Crippen molar-refractivity contribution < 1.29 is 13.9 Å². The van der Waals surface area contributed by atoms with Crippen LogP contribution < -0.4 is 4.74 Å². The Balaban J connectivity index is 3.48. The first-order chi connectivity index (χ1) is 7.42. The summed E-state index contributed by atoms with van der Waals surface area (Å²) in [7, 11) is 1.44. The van der Waals surface area contributed by atoms with Gasteiger partial charge in [0.05, 0.1) is 18.2 Å². The Bertz CT molecular complexity index is 454. The first-order valence-corrected chi connectivity index (χ1v) is 5.34. The van der Waals surface area contributed by atoms with Gasteiger partial charge in [-0.3, -0.25) is 0 Å². The molecule has 0 spiro atoms. The quantitative estimate of drug-likeness (QED) is 0.633. The van der Waals surface area contributed by atoms with E-state index < -0.39 is 11.4 Å². The largest absolute Gasteiger partial charge is 0.496 e. The van der Waals surface area contributed by atoms with Gasteiger partial charge < -0.3 is 4.74 Å². The molecule has 0 saturated heterocycles. The van der Waals surface area contributed by atoms with Crippen molar-refractivity contribution in [2.24, 2.45) is 4.99 Å². The molecule has 0 aliphatic heterocycles. The Morgan fingerprint density at radius 3 is 2.62 bits per heavy atom. The van der Waals surface area contributed by atoms with Crippen LogP contribution >= 0.6 is 15.9 Å². The highest BCUT2D eigenvalue weighted by atomic mass is 79.9. The summed E-state index contributed by atoms with van der Waals surface area (Å²) in [4.78, 5) is 13.9. The molecule has 0 aliphatic rings. The molecule has 0 amide bonds. The van der Waals surface area contributed by atoms with Crippen LogP contribution in [0.15, 0.2) is 21.6 Å². The maximum absolute atomic E-state index is 13.8. The summed E-state index contributed by atoms with van der Waals surface area (Å²) in [6.07, 6.45) is 1.44. The minimum absolute atomic E-state index is 0.238. The first kappa shape index (κ1) is 12.9. The number of carbonyl (C=O) groups excluding carboxylic acids is 1. The van der Waals surface area contributed by atoms with Gasteiger partial charge in [-0.1, -0.05) is 15.9 Å². The van der Waals surface area contributed by atoms with E-state index in [2.05, 4.69) is 20.9 Å². The monoisotopic (exact) mass is 287 g/mol. The predicted molar refractivity (Wildman–Crippen MR) is 61.8 cm³/mol. The Labute approximate surface area is 101 Å². The van der Waals surface area contributed by atoms with Crippen molar-refractivity contribution in [1.29, 1.82) is 0 Å². The third-order valence-corrected chi connectivity index (χ3v) is 2.63. The number of benzene rings is 1. The van der Waals surface area contributed by atoms with Crippen LogP contribution in [0, 0.1) is 5.82 Å². The van der Waals surface area contributed by atoms with Crippen LogP contribution in [0.25, 0.3) is 0 Å². The fourth-order valence-electron chi connectivity index (χ4n) is 1.47. The zero-order valence-corrected chi connectivity index (χ0v) is 10.8. The van der Waals surface area contributed by atoms with Gasteiger partial charge in [-0.05, 0) is 26.0 Å². The maximum Gasteiger partial charge on any atom is 0.235 e. The molecule has 86 valence electrons. The molecular weight excluding hydrogens is 277 g/mol. The minimum atomic E-state index is -1.00. The van der Waals surface area contributed by atoms with E-state index in [4.69, 9.17) is 4.74 Å². The minimum Gasteiger partial charge on any atom is -0.496 e. The Kier molecular flexibility index (Phi) is 3.83. The zero-order chi connectivity index (χ0) is 12.3. The number of hydrogen-bond donors (Lipinski definition) is 0. The molecule has 1 aromatic rings. The standard InChI is InChI=1S/C11H11BrFNO2/c1-11(2,14-6-15)10-8(13)4-7(12)5-9(10)16-3/h4-5H,1-3H3. The van der Waals surface area contributed by atoms with Gasteiger partial charge in [-0.25, -0.2) is 9.18 Å². The highest BCUT2D eigenvalue weighted by Crippen LogP contribution is 2.36. The Morgan fingerprint density at radius 1 is 1.50 bits per heavy atom. The average Bonchev–Trinajstić information content (AvgIpc) is 2.15. The normalized spacial score (nSPS) is 10.8. The molecule has 0 aromatic heterocycles. The summed E-state index contributed by atoms with van der Waals surface area (Å²) in [6, 6.07) is 2.93. The van der Waals surface area contributed by atoms with E-state index in [0.29, 0.717) is 10.2 Å². The van der Waals surface area contributed by atoms with Crippen LogP contribution in [0.5, 0.6) is 5.75 Å².